The quantitative estimate of drug-likeness (QED) is 0.587. The van der Waals surface area contributed by atoms with Crippen LogP contribution >= 0.6 is 0 Å². The lowest BCUT2D eigenvalue weighted by Gasteiger charge is -2.09. The van der Waals surface area contributed by atoms with Crippen LogP contribution < -0.4 is 10.1 Å². The number of para-hydroxylation sites is 2. The van der Waals surface area contributed by atoms with Gasteiger partial charge >= 0.3 is 0 Å². The normalized spacial score (nSPS) is 11.1. The van der Waals surface area contributed by atoms with Gasteiger partial charge in [0.2, 0.25) is 0 Å². The van der Waals surface area contributed by atoms with Crippen LogP contribution in [0.4, 0.5) is 5.82 Å². The molecule has 2 heterocycles. The van der Waals surface area contributed by atoms with Gasteiger partial charge in [-0.2, -0.15) is 0 Å². The zero-order chi connectivity index (χ0) is 17.2. The lowest BCUT2D eigenvalue weighted by atomic mass is 10.2. The Hall–Kier alpha value is -3.12. The van der Waals surface area contributed by atoms with Gasteiger partial charge in [0.25, 0.3) is 0 Å². The number of methoxy groups -OCH3 is 1. The third-order valence-electron chi connectivity index (χ3n) is 4.12. The summed E-state index contributed by atoms with van der Waals surface area (Å²) in [4.78, 5) is 9.16. The molecule has 126 valence electrons. The summed E-state index contributed by atoms with van der Waals surface area (Å²) in [7, 11) is 1.65. The molecule has 4 aromatic rings. The van der Waals surface area contributed by atoms with Crippen LogP contribution in [0.3, 0.4) is 0 Å². The number of rotatable bonds is 5. The van der Waals surface area contributed by atoms with Crippen molar-refractivity contribution >= 4 is 22.5 Å². The monoisotopic (exact) mass is 334 g/mol. The average molecular weight is 334 g/mol. The molecule has 4 rings (SSSR count). The molecule has 2 aromatic carbocycles. The summed E-state index contributed by atoms with van der Waals surface area (Å²) in [5, 5.41) is 12.9. The first-order valence-corrected chi connectivity index (χ1v) is 8.03. The van der Waals surface area contributed by atoms with E-state index in [2.05, 4.69) is 15.3 Å². The summed E-state index contributed by atoms with van der Waals surface area (Å²) in [5.41, 5.74) is 4.32. The van der Waals surface area contributed by atoms with Crippen molar-refractivity contribution in [1.82, 2.24) is 14.4 Å². The van der Waals surface area contributed by atoms with Crippen molar-refractivity contribution in [3.8, 4) is 5.75 Å². The summed E-state index contributed by atoms with van der Waals surface area (Å²) < 4.78 is 7.14. The number of aromatic nitrogens is 3. The second kappa shape index (κ2) is 6.41. The lowest BCUT2D eigenvalue weighted by molar-refractivity contribution is 0.276. The highest BCUT2D eigenvalue weighted by molar-refractivity contribution is 5.84. The third kappa shape index (κ3) is 2.88. The van der Waals surface area contributed by atoms with Gasteiger partial charge in [-0.25, -0.2) is 9.97 Å². The summed E-state index contributed by atoms with van der Waals surface area (Å²) in [6, 6.07) is 15.8. The number of fused-ring (bicyclic) bond motifs is 3. The van der Waals surface area contributed by atoms with Crippen molar-refractivity contribution in [2.75, 3.05) is 12.4 Å². The van der Waals surface area contributed by atoms with Crippen LogP contribution in [0, 0.1) is 0 Å². The average Bonchev–Trinajstić information content (AvgIpc) is 3.05. The lowest BCUT2D eigenvalue weighted by Crippen LogP contribution is -2.06. The smallest absolute Gasteiger partial charge is 0.181 e. The molecule has 0 amide bonds. The van der Waals surface area contributed by atoms with Crippen LogP contribution in [0.15, 0.2) is 54.7 Å². The standard InChI is InChI=1S/C19H18N4O2/c1-25-15-8-6-13(7-9-15)10-20-18-19-22-16-4-2-3-5-17(16)23(19)11-14(12-24)21-18/h2-9,11,24H,10,12H2,1H3,(H,20,21). The zero-order valence-corrected chi connectivity index (χ0v) is 13.8. The van der Waals surface area contributed by atoms with Gasteiger partial charge in [0.15, 0.2) is 11.5 Å². The number of aliphatic hydroxyl groups is 1. The molecular formula is C19H18N4O2. The van der Waals surface area contributed by atoms with Crippen LogP contribution in [-0.2, 0) is 13.2 Å². The Morgan fingerprint density at radius 3 is 2.64 bits per heavy atom. The molecule has 0 saturated carbocycles. The van der Waals surface area contributed by atoms with Crippen molar-refractivity contribution in [2.45, 2.75) is 13.2 Å². The minimum Gasteiger partial charge on any atom is -0.497 e. The van der Waals surface area contributed by atoms with Crippen molar-refractivity contribution in [1.29, 1.82) is 0 Å². The molecule has 0 bridgehead atoms. The van der Waals surface area contributed by atoms with Crippen LogP contribution in [-0.4, -0.2) is 26.6 Å². The van der Waals surface area contributed by atoms with Crippen molar-refractivity contribution in [2.24, 2.45) is 0 Å². The van der Waals surface area contributed by atoms with Crippen molar-refractivity contribution in [3.05, 3.63) is 66.0 Å². The van der Waals surface area contributed by atoms with Gasteiger partial charge in [-0.05, 0) is 29.8 Å². The molecule has 2 aromatic heterocycles. The first-order valence-electron chi connectivity index (χ1n) is 8.03. The number of imidazole rings is 1. The fourth-order valence-electron chi connectivity index (χ4n) is 2.84. The number of nitrogens with one attached hydrogen (secondary N) is 1. The van der Waals surface area contributed by atoms with Crippen LogP contribution in [0.25, 0.3) is 16.7 Å². The van der Waals surface area contributed by atoms with E-state index in [-0.39, 0.29) is 6.61 Å². The predicted molar refractivity (Wildman–Crippen MR) is 96.7 cm³/mol. The van der Waals surface area contributed by atoms with Gasteiger partial charge in [0.05, 0.1) is 30.4 Å². The van der Waals surface area contributed by atoms with Gasteiger partial charge in [0, 0.05) is 12.7 Å². The Morgan fingerprint density at radius 2 is 1.88 bits per heavy atom. The molecule has 0 fully saturated rings. The Balaban J connectivity index is 1.72. The molecular weight excluding hydrogens is 316 g/mol. The number of aliphatic hydroxyl groups excluding tert-OH is 1. The molecule has 2 N–H and O–H groups in total. The van der Waals surface area contributed by atoms with E-state index in [4.69, 9.17) is 4.74 Å². The number of hydrogen-bond donors (Lipinski definition) is 2. The number of nitrogens with zero attached hydrogens (tertiary/aromatic N) is 3. The maximum Gasteiger partial charge on any atom is 0.181 e. The van der Waals surface area contributed by atoms with Crippen LogP contribution in [0.1, 0.15) is 11.3 Å². The topological polar surface area (TPSA) is 71.7 Å². The molecule has 0 spiro atoms. The van der Waals surface area contributed by atoms with Crippen LogP contribution in [0.5, 0.6) is 5.75 Å². The zero-order valence-electron chi connectivity index (χ0n) is 13.8. The van der Waals surface area contributed by atoms with E-state index in [0.717, 1.165) is 28.0 Å². The SMILES string of the molecule is COc1ccc(CNc2nc(CO)cn3c2nc2ccccc23)cc1. The van der Waals surface area contributed by atoms with E-state index >= 15 is 0 Å². The Morgan fingerprint density at radius 1 is 1.08 bits per heavy atom. The van der Waals surface area contributed by atoms with Gasteiger partial charge in [0.1, 0.15) is 5.75 Å². The molecule has 6 heteroatoms. The molecule has 25 heavy (non-hydrogen) atoms. The molecule has 0 aliphatic heterocycles. The number of hydrogen-bond acceptors (Lipinski definition) is 5. The third-order valence-corrected chi connectivity index (χ3v) is 4.12. The van der Waals surface area contributed by atoms with E-state index < -0.39 is 0 Å². The van der Waals surface area contributed by atoms with Crippen molar-refractivity contribution in [3.63, 3.8) is 0 Å². The predicted octanol–water partition coefficient (Wildman–Crippen LogP) is 3.00. The first-order chi connectivity index (χ1) is 12.3. The molecule has 0 unspecified atom stereocenters. The summed E-state index contributed by atoms with van der Waals surface area (Å²) in [6.07, 6.45) is 1.82. The number of ether oxygens (including phenoxy) is 1. The summed E-state index contributed by atoms with van der Waals surface area (Å²) in [5.74, 6) is 1.48. The minimum absolute atomic E-state index is 0.125. The number of benzene rings is 2. The fourth-order valence-corrected chi connectivity index (χ4v) is 2.84. The Bertz CT molecular complexity index is 1020. The molecule has 0 atom stereocenters. The van der Waals surface area contributed by atoms with Gasteiger partial charge in [-0.3, -0.25) is 4.40 Å². The fraction of sp³-hybridized carbons (Fsp3) is 0.158. The minimum atomic E-state index is -0.125. The second-order valence-electron chi connectivity index (χ2n) is 5.73. The Kier molecular flexibility index (Phi) is 3.95. The molecule has 6 nitrogen and oxygen atoms in total. The molecule has 0 saturated heterocycles. The van der Waals surface area contributed by atoms with Gasteiger partial charge < -0.3 is 15.2 Å². The molecule has 0 aliphatic carbocycles. The van der Waals surface area contributed by atoms with E-state index in [9.17, 15) is 5.11 Å². The highest BCUT2D eigenvalue weighted by atomic mass is 16.5. The molecule has 0 aliphatic rings. The highest BCUT2D eigenvalue weighted by Crippen LogP contribution is 2.22. The first kappa shape index (κ1) is 15.4. The van der Waals surface area contributed by atoms with E-state index in [1.54, 1.807) is 7.11 Å². The van der Waals surface area contributed by atoms with Crippen molar-refractivity contribution < 1.29 is 9.84 Å². The Labute approximate surface area is 144 Å². The summed E-state index contributed by atoms with van der Waals surface area (Å²) in [6.45, 7) is 0.477. The van der Waals surface area contributed by atoms with E-state index in [0.29, 0.717) is 18.1 Å². The van der Waals surface area contributed by atoms with E-state index in [1.807, 2.05) is 59.1 Å². The van der Waals surface area contributed by atoms with E-state index in [1.165, 1.54) is 0 Å². The largest absolute Gasteiger partial charge is 0.497 e. The maximum absolute atomic E-state index is 9.54. The van der Waals surface area contributed by atoms with Crippen LogP contribution in [0.2, 0.25) is 0 Å². The summed E-state index contributed by atoms with van der Waals surface area (Å²) >= 11 is 0. The second-order valence-corrected chi connectivity index (χ2v) is 5.73. The maximum atomic E-state index is 9.54. The van der Waals surface area contributed by atoms with Gasteiger partial charge in [-0.15, -0.1) is 0 Å². The highest BCUT2D eigenvalue weighted by Gasteiger charge is 2.11. The van der Waals surface area contributed by atoms with Gasteiger partial charge in [-0.1, -0.05) is 24.3 Å². The molecule has 0 radical (unpaired) electrons. The number of anilines is 1.